The van der Waals surface area contributed by atoms with Gasteiger partial charge in [0.15, 0.2) is 9.84 Å². The topological polar surface area (TPSA) is 76.0 Å². The first-order valence-electron chi connectivity index (χ1n) is 7.22. The molecule has 0 aliphatic carbocycles. The largest absolute Gasteiger partial charge is 0.372 e. The maximum Gasteiger partial charge on any atom is 0.240 e. The molecule has 120 valence electrons. The Morgan fingerprint density at radius 1 is 1.32 bits per heavy atom. The highest BCUT2D eigenvalue weighted by Crippen LogP contribution is 2.33. The molecule has 2 rings (SSSR count). The van der Waals surface area contributed by atoms with E-state index in [0.717, 1.165) is 5.69 Å². The Labute approximate surface area is 130 Å². The average Bonchev–Trinajstić information content (AvgIpc) is 2.46. The van der Waals surface area contributed by atoms with Crippen LogP contribution in [0.15, 0.2) is 28.1 Å². The number of rotatable bonds is 4. The van der Waals surface area contributed by atoms with E-state index < -0.39 is 9.84 Å². The van der Waals surface area contributed by atoms with Crippen LogP contribution in [-0.2, 0) is 19.4 Å². The van der Waals surface area contributed by atoms with Crippen LogP contribution in [0.4, 0.5) is 11.4 Å². The number of hydrogen-bond donors (Lipinski definition) is 0. The number of anilines is 1. The average molecular weight is 324 g/mol. The maximum absolute atomic E-state index is 12.0. The van der Waals surface area contributed by atoms with Gasteiger partial charge in [0.25, 0.3) is 0 Å². The molecule has 1 aliphatic heterocycles. The molecule has 1 saturated heterocycles. The van der Waals surface area contributed by atoms with Crippen LogP contribution in [0.5, 0.6) is 0 Å². The van der Waals surface area contributed by atoms with Gasteiger partial charge in [0.05, 0.1) is 28.5 Å². The van der Waals surface area contributed by atoms with Crippen LogP contribution >= 0.6 is 0 Å². The molecular weight excluding hydrogens is 304 g/mol. The number of benzene rings is 1. The molecule has 1 aromatic rings. The molecule has 2 unspecified atom stereocenters. The normalized spacial score (nSPS) is 22.2. The molecule has 1 heterocycles. The van der Waals surface area contributed by atoms with Crippen LogP contribution < -0.4 is 4.90 Å². The van der Waals surface area contributed by atoms with Gasteiger partial charge in [-0.05, 0) is 32.0 Å². The predicted molar refractivity (Wildman–Crippen MR) is 84.2 cm³/mol. The molecule has 0 amide bonds. The molecule has 0 bridgehead atoms. The van der Waals surface area contributed by atoms with E-state index in [9.17, 15) is 13.2 Å². The lowest BCUT2D eigenvalue weighted by Gasteiger charge is -2.37. The SMILES string of the molecule is CCS(=O)(=O)c1ccc(N2CC(C)OC(C)C2)c(N=C=O)c1. The van der Waals surface area contributed by atoms with E-state index in [0.29, 0.717) is 18.8 Å². The smallest absolute Gasteiger partial charge is 0.240 e. The molecule has 1 aromatic carbocycles. The van der Waals surface area contributed by atoms with Crippen molar-refractivity contribution in [2.75, 3.05) is 23.7 Å². The van der Waals surface area contributed by atoms with Crippen LogP contribution in [0, 0.1) is 0 Å². The lowest BCUT2D eigenvalue weighted by atomic mass is 10.1. The fourth-order valence-corrected chi connectivity index (χ4v) is 3.54. The number of morpholine rings is 1. The Balaban J connectivity index is 2.46. The van der Waals surface area contributed by atoms with Gasteiger partial charge in [-0.1, -0.05) is 6.92 Å². The van der Waals surface area contributed by atoms with Crippen molar-refractivity contribution in [1.82, 2.24) is 0 Å². The summed E-state index contributed by atoms with van der Waals surface area (Å²) in [7, 11) is -3.34. The highest BCUT2D eigenvalue weighted by Gasteiger charge is 2.25. The first-order valence-corrected chi connectivity index (χ1v) is 8.87. The molecule has 0 spiro atoms. The third-order valence-corrected chi connectivity index (χ3v) is 5.34. The Bertz CT molecular complexity index is 685. The van der Waals surface area contributed by atoms with Crippen molar-refractivity contribution in [3.05, 3.63) is 18.2 Å². The minimum absolute atomic E-state index is 0.00220. The van der Waals surface area contributed by atoms with Crippen LogP contribution in [0.3, 0.4) is 0 Å². The van der Waals surface area contributed by atoms with E-state index in [1.54, 1.807) is 19.1 Å². The van der Waals surface area contributed by atoms with Gasteiger partial charge in [0.2, 0.25) is 6.08 Å². The summed E-state index contributed by atoms with van der Waals surface area (Å²) in [5, 5.41) is 0. The van der Waals surface area contributed by atoms with Crippen molar-refractivity contribution in [2.45, 2.75) is 37.9 Å². The zero-order valence-electron chi connectivity index (χ0n) is 12.9. The summed E-state index contributed by atoms with van der Waals surface area (Å²) in [5.41, 5.74) is 1.05. The fraction of sp³-hybridized carbons (Fsp3) is 0.533. The molecule has 1 aliphatic rings. The maximum atomic E-state index is 12.0. The van der Waals surface area contributed by atoms with Gasteiger partial charge in [-0.2, -0.15) is 4.99 Å². The van der Waals surface area contributed by atoms with Crippen LogP contribution in [0.2, 0.25) is 0 Å². The lowest BCUT2D eigenvalue weighted by molar-refractivity contribution is -0.00518. The molecule has 0 radical (unpaired) electrons. The van der Waals surface area contributed by atoms with Crippen LogP contribution in [-0.4, -0.2) is 45.5 Å². The van der Waals surface area contributed by atoms with Crippen molar-refractivity contribution in [3.8, 4) is 0 Å². The first kappa shape index (κ1) is 16.7. The minimum atomic E-state index is -3.34. The van der Waals surface area contributed by atoms with E-state index in [-0.39, 0.29) is 22.9 Å². The van der Waals surface area contributed by atoms with E-state index in [4.69, 9.17) is 4.74 Å². The zero-order valence-corrected chi connectivity index (χ0v) is 13.8. The summed E-state index contributed by atoms with van der Waals surface area (Å²) in [6, 6.07) is 4.69. The highest BCUT2D eigenvalue weighted by molar-refractivity contribution is 7.91. The minimum Gasteiger partial charge on any atom is -0.372 e. The lowest BCUT2D eigenvalue weighted by Crippen LogP contribution is -2.45. The molecule has 7 heteroatoms. The molecule has 0 N–H and O–H groups in total. The Morgan fingerprint density at radius 3 is 2.50 bits per heavy atom. The van der Waals surface area contributed by atoms with Crippen molar-refractivity contribution >= 4 is 27.3 Å². The monoisotopic (exact) mass is 324 g/mol. The van der Waals surface area contributed by atoms with Gasteiger partial charge in [0, 0.05) is 13.1 Å². The zero-order chi connectivity index (χ0) is 16.3. The van der Waals surface area contributed by atoms with Gasteiger partial charge in [-0.3, -0.25) is 0 Å². The Kier molecular flexibility index (Phi) is 5.01. The van der Waals surface area contributed by atoms with Gasteiger partial charge < -0.3 is 9.64 Å². The fourth-order valence-electron chi connectivity index (χ4n) is 2.64. The number of sulfone groups is 1. The number of ether oxygens (including phenoxy) is 1. The van der Waals surface area contributed by atoms with Gasteiger partial charge in [0.1, 0.15) is 5.69 Å². The number of nitrogens with zero attached hydrogens (tertiary/aromatic N) is 2. The number of aliphatic imine (C=N–C) groups is 1. The summed E-state index contributed by atoms with van der Waals surface area (Å²) in [6.45, 7) is 6.84. The molecular formula is C15H20N2O4S. The summed E-state index contributed by atoms with van der Waals surface area (Å²) in [6.07, 6.45) is 1.61. The summed E-state index contributed by atoms with van der Waals surface area (Å²) in [4.78, 5) is 16.6. The molecule has 22 heavy (non-hydrogen) atoms. The first-order chi connectivity index (χ1) is 10.4. The Hall–Kier alpha value is -1.69. The second-order valence-corrected chi connectivity index (χ2v) is 7.70. The molecule has 2 atom stereocenters. The van der Waals surface area contributed by atoms with Crippen LogP contribution in [0.25, 0.3) is 0 Å². The highest BCUT2D eigenvalue weighted by atomic mass is 32.2. The third kappa shape index (κ3) is 3.55. The van der Waals surface area contributed by atoms with Crippen molar-refractivity contribution in [3.63, 3.8) is 0 Å². The molecule has 0 saturated carbocycles. The van der Waals surface area contributed by atoms with Crippen molar-refractivity contribution in [2.24, 2.45) is 4.99 Å². The van der Waals surface area contributed by atoms with Crippen LogP contribution in [0.1, 0.15) is 20.8 Å². The van der Waals surface area contributed by atoms with E-state index in [1.807, 2.05) is 13.8 Å². The molecule has 6 nitrogen and oxygen atoms in total. The number of hydrogen-bond acceptors (Lipinski definition) is 6. The van der Waals surface area contributed by atoms with Crippen molar-refractivity contribution < 1.29 is 17.9 Å². The quantitative estimate of drug-likeness (QED) is 0.626. The van der Waals surface area contributed by atoms with Crippen molar-refractivity contribution in [1.29, 1.82) is 0 Å². The van der Waals surface area contributed by atoms with E-state index in [1.165, 1.54) is 12.1 Å². The second kappa shape index (κ2) is 6.60. The Morgan fingerprint density at radius 2 is 1.95 bits per heavy atom. The molecule has 1 fully saturated rings. The summed E-state index contributed by atoms with van der Waals surface area (Å²) in [5.74, 6) is 0.00220. The van der Waals surface area contributed by atoms with Gasteiger partial charge in [-0.15, -0.1) is 0 Å². The van der Waals surface area contributed by atoms with Gasteiger partial charge in [-0.25, -0.2) is 13.2 Å². The van der Waals surface area contributed by atoms with Gasteiger partial charge >= 0.3 is 0 Å². The predicted octanol–water partition coefficient (Wildman–Crippen LogP) is 2.06. The summed E-state index contributed by atoms with van der Waals surface area (Å²) < 4.78 is 29.6. The van der Waals surface area contributed by atoms with E-state index in [2.05, 4.69) is 9.89 Å². The second-order valence-electron chi connectivity index (χ2n) is 5.42. The molecule has 0 aromatic heterocycles. The standard InChI is InChI=1S/C15H20N2O4S/c1-4-22(19,20)13-5-6-15(14(7-13)16-10-18)17-8-11(2)21-12(3)9-17/h5-7,11-12H,4,8-9H2,1-3H3. The third-order valence-electron chi connectivity index (χ3n) is 3.61. The number of carbonyl (C=O) groups excluding carboxylic acids is 1. The van der Waals surface area contributed by atoms with E-state index >= 15 is 0 Å². The number of isocyanates is 1. The summed E-state index contributed by atoms with van der Waals surface area (Å²) >= 11 is 0.